The molecule has 0 radical (unpaired) electrons. The Kier molecular flexibility index (Phi) is 4.56. The van der Waals surface area contributed by atoms with E-state index in [2.05, 4.69) is 33.2 Å². The van der Waals surface area contributed by atoms with E-state index in [0.717, 1.165) is 30.0 Å². The van der Waals surface area contributed by atoms with E-state index in [1.165, 1.54) is 33.0 Å². The predicted molar refractivity (Wildman–Crippen MR) is 111 cm³/mol. The summed E-state index contributed by atoms with van der Waals surface area (Å²) in [5, 5.41) is 15.4. The van der Waals surface area contributed by atoms with Crippen molar-refractivity contribution >= 4 is 16.3 Å². The molecule has 1 atom stereocenters. The third kappa shape index (κ3) is 3.20. The minimum atomic E-state index is -0.280. The van der Waals surface area contributed by atoms with Crippen molar-refractivity contribution in [2.24, 2.45) is 0 Å². The Bertz CT molecular complexity index is 1180. The lowest BCUT2D eigenvalue weighted by Gasteiger charge is -2.35. The number of aryl methyl sites for hydroxylation is 1. The molecular formula is C22H21FN4OS. The second-order valence-corrected chi connectivity index (χ2v) is 8.32. The number of hydrogen-bond acceptors (Lipinski definition) is 5. The van der Waals surface area contributed by atoms with Crippen LogP contribution in [0.4, 0.5) is 4.39 Å². The smallest absolute Gasteiger partial charge is 0.230 e. The van der Waals surface area contributed by atoms with Crippen molar-refractivity contribution in [1.82, 2.24) is 19.5 Å². The van der Waals surface area contributed by atoms with Gasteiger partial charge >= 0.3 is 0 Å². The highest BCUT2D eigenvalue weighted by Gasteiger charge is 2.31. The van der Waals surface area contributed by atoms with E-state index in [0.29, 0.717) is 17.2 Å². The van der Waals surface area contributed by atoms with E-state index in [4.69, 9.17) is 0 Å². The van der Waals surface area contributed by atoms with Gasteiger partial charge in [0.15, 0.2) is 5.82 Å². The molecule has 1 unspecified atom stereocenters. The van der Waals surface area contributed by atoms with Crippen LogP contribution in [0.3, 0.4) is 0 Å². The van der Waals surface area contributed by atoms with Gasteiger partial charge in [0.05, 0.1) is 10.9 Å². The molecule has 0 saturated carbocycles. The maximum absolute atomic E-state index is 14.1. The Labute approximate surface area is 172 Å². The summed E-state index contributed by atoms with van der Waals surface area (Å²) >= 11 is 1.42. The highest BCUT2D eigenvalue weighted by atomic mass is 32.1. The average molecular weight is 409 g/mol. The second-order valence-electron chi connectivity index (χ2n) is 7.31. The fraction of sp³-hybridized carbons (Fsp3) is 0.273. The number of thiazole rings is 1. The van der Waals surface area contributed by atoms with Crippen LogP contribution in [0.2, 0.25) is 0 Å². The Morgan fingerprint density at radius 1 is 1.17 bits per heavy atom. The lowest BCUT2D eigenvalue weighted by Crippen LogP contribution is -2.34. The molecule has 5 nitrogen and oxygen atoms in total. The number of halogens is 1. The highest BCUT2D eigenvalue weighted by Crippen LogP contribution is 2.41. The van der Waals surface area contributed by atoms with Gasteiger partial charge in [-0.05, 0) is 35.2 Å². The number of aromatic nitrogens is 3. The van der Waals surface area contributed by atoms with Gasteiger partial charge in [-0.25, -0.2) is 9.37 Å². The number of rotatable bonds is 4. The summed E-state index contributed by atoms with van der Waals surface area (Å²) < 4.78 is 15.6. The average Bonchev–Trinajstić information content (AvgIpc) is 3.27. The normalized spacial score (nSPS) is 15.5. The van der Waals surface area contributed by atoms with Gasteiger partial charge in [-0.1, -0.05) is 54.7 Å². The van der Waals surface area contributed by atoms with Crippen molar-refractivity contribution in [1.29, 1.82) is 0 Å². The summed E-state index contributed by atoms with van der Waals surface area (Å²) in [5.41, 5.74) is 3.44. The molecule has 0 amide bonds. The molecule has 0 spiro atoms. The van der Waals surface area contributed by atoms with Gasteiger partial charge < -0.3 is 5.11 Å². The zero-order valence-corrected chi connectivity index (χ0v) is 16.9. The quantitative estimate of drug-likeness (QED) is 0.546. The topological polar surface area (TPSA) is 53.7 Å². The molecule has 0 saturated heterocycles. The van der Waals surface area contributed by atoms with Crippen molar-refractivity contribution in [2.45, 2.75) is 32.4 Å². The number of benzene rings is 2. The van der Waals surface area contributed by atoms with Gasteiger partial charge in [-0.2, -0.15) is 4.52 Å². The van der Waals surface area contributed by atoms with E-state index in [-0.39, 0.29) is 17.7 Å². The SMILES string of the molecule is CCc1nc2sc(C(c3cccc(F)c3)N3CCc4ccccc4C3)c(O)n2n1. The van der Waals surface area contributed by atoms with E-state index in [1.807, 2.05) is 19.1 Å². The first-order chi connectivity index (χ1) is 14.1. The van der Waals surface area contributed by atoms with Crippen LogP contribution in [0.1, 0.15) is 40.4 Å². The van der Waals surface area contributed by atoms with Crippen LogP contribution in [-0.2, 0) is 19.4 Å². The number of aromatic hydroxyl groups is 1. The molecule has 1 N–H and O–H groups in total. The molecule has 4 aromatic rings. The highest BCUT2D eigenvalue weighted by molar-refractivity contribution is 7.17. The number of hydrogen-bond donors (Lipinski definition) is 1. The number of fused-ring (bicyclic) bond motifs is 2. The maximum Gasteiger partial charge on any atom is 0.230 e. The van der Waals surface area contributed by atoms with Gasteiger partial charge in [0.1, 0.15) is 5.82 Å². The third-order valence-electron chi connectivity index (χ3n) is 5.50. The molecule has 0 fully saturated rings. The van der Waals surface area contributed by atoms with E-state index >= 15 is 0 Å². The lowest BCUT2D eigenvalue weighted by atomic mass is 9.95. The van der Waals surface area contributed by atoms with Gasteiger partial charge in [0.25, 0.3) is 0 Å². The molecule has 2 aromatic heterocycles. The fourth-order valence-corrected chi connectivity index (χ4v) is 5.20. The molecule has 0 aliphatic carbocycles. The van der Waals surface area contributed by atoms with Crippen molar-refractivity contribution in [3.63, 3.8) is 0 Å². The van der Waals surface area contributed by atoms with Crippen LogP contribution >= 0.6 is 11.3 Å². The molecule has 7 heteroatoms. The minimum Gasteiger partial charge on any atom is -0.492 e. The van der Waals surface area contributed by atoms with Crippen LogP contribution in [0.15, 0.2) is 48.5 Å². The molecular weight excluding hydrogens is 387 g/mol. The Balaban J connectivity index is 1.62. The van der Waals surface area contributed by atoms with Crippen LogP contribution in [0.5, 0.6) is 5.88 Å². The van der Waals surface area contributed by atoms with E-state index in [9.17, 15) is 9.50 Å². The first-order valence-electron chi connectivity index (χ1n) is 9.77. The minimum absolute atomic E-state index is 0.0883. The van der Waals surface area contributed by atoms with E-state index in [1.54, 1.807) is 12.1 Å². The van der Waals surface area contributed by atoms with Crippen molar-refractivity contribution in [3.8, 4) is 5.88 Å². The summed E-state index contributed by atoms with van der Waals surface area (Å²) in [4.78, 5) is 8.20. The Hall–Kier alpha value is -2.77. The van der Waals surface area contributed by atoms with E-state index < -0.39 is 0 Å². The fourth-order valence-electron chi connectivity index (χ4n) is 4.06. The van der Waals surface area contributed by atoms with Gasteiger partial charge in [0.2, 0.25) is 10.8 Å². The van der Waals surface area contributed by atoms with Crippen LogP contribution in [0.25, 0.3) is 4.96 Å². The van der Waals surface area contributed by atoms with Crippen LogP contribution in [-0.4, -0.2) is 31.1 Å². The molecule has 0 bridgehead atoms. The predicted octanol–water partition coefficient (Wildman–Crippen LogP) is 4.35. The lowest BCUT2D eigenvalue weighted by molar-refractivity contribution is 0.205. The first-order valence-corrected chi connectivity index (χ1v) is 10.6. The summed E-state index contributed by atoms with van der Waals surface area (Å²) in [6.45, 7) is 3.55. The Morgan fingerprint density at radius 2 is 2.00 bits per heavy atom. The monoisotopic (exact) mass is 408 g/mol. The zero-order chi connectivity index (χ0) is 20.0. The largest absolute Gasteiger partial charge is 0.492 e. The summed E-state index contributed by atoms with van der Waals surface area (Å²) in [5.74, 6) is 0.509. The molecule has 148 valence electrons. The first kappa shape index (κ1) is 18.3. The van der Waals surface area contributed by atoms with Gasteiger partial charge in [0, 0.05) is 19.5 Å². The second kappa shape index (κ2) is 7.24. The standard InChI is InChI=1S/C22H21FN4OS/c1-2-18-24-22-27(25-18)21(28)20(29-22)19(15-8-5-9-17(23)12-15)26-11-10-14-6-3-4-7-16(14)13-26/h3-9,12,19,28H,2,10-11,13H2,1H3. The molecule has 1 aliphatic heterocycles. The maximum atomic E-state index is 14.1. The van der Waals surface area contributed by atoms with Crippen molar-refractivity contribution in [2.75, 3.05) is 6.54 Å². The van der Waals surface area contributed by atoms with Crippen LogP contribution < -0.4 is 0 Å². The molecule has 29 heavy (non-hydrogen) atoms. The third-order valence-corrected chi connectivity index (χ3v) is 6.57. The number of nitrogens with zero attached hydrogens (tertiary/aromatic N) is 4. The molecule has 2 aromatic carbocycles. The summed E-state index contributed by atoms with van der Waals surface area (Å²) in [6.07, 6.45) is 1.63. The van der Waals surface area contributed by atoms with Gasteiger partial charge in [-0.3, -0.25) is 4.90 Å². The summed E-state index contributed by atoms with van der Waals surface area (Å²) in [6, 6.07) is 14.8. The Morgan fingerprint density at radius 3 is 2.76 bits per heavy atom. The molecule has 5 rings (SSSR count). The summed E-state index contributed by atoms with van der Waals surface area (Å²) in [7, 11) is 0. The van der Waals surface area contributed by atoms with Crippen molar-refractivity contribution < 1.29 is 9.50 Å². The van der Waals surface area contributed by atoms with Gasteiger partial charge in [-0.15, -0.1) is 5.10 Å². The molecule has 3 heterocycles. The van der Waals surface area contributed by atoms with Crippen molar-refractivity contribution in [3.05, 3.63) is 81.7 Å². The molecule has 1 aliphatic rings. The zero-order valence-electron chi connectivity index (χ0n) is 16.0. The van der Waals surface area contributed by atoms with Crippen LogP contribution in [0, 0.1) is 5.82 Å².